The van der Waals surface area contributed by atoms with Crippen molar-refractivity contribution in [1.82, 2.24) is 0 Å². The Hall–Kier alpha value is 0.423. The van der Waals surface area contributed by atoms with E-state index in [-0.39, 0.29) is 35.3 Å². The Balaban J connectivity index is 0.000000364. The molecule has 2 aliphatic rings. The normalized spacial score (nSPS) is 19.8. The predicted molar refractivity (Wildman–Crippen MR) is 80.8 cm³/mol. The Labute approximate surface area is 142 Å². The van der Waals surface area contributed by atoms with Gasteiger partial charge >= 0.3 is 19.5 Å². The van der Waals surface area contributed by atoms with Crippen LogP contribution in [0.25, 0.3) is 0 Å². The van der Waals surface area contributed by atoms with E-state index in [0.717, 1.165) is 24.6 Å². The van der Waals surface area contributed by atoms with E-state index in [1.807, 2.05) is 0 Å². The third-order valence-electron chi connectivity index (χ3n) is 3.60. The zero-order valence-corrected chi connectivity index (χ0v) is 17.5. The Morgan fingerprint density at radius 3 is 1.19 bits per heavy atom. The third kappa shape index (κ3) is 11.6. The van der Waals surface area contributed by atoms with Crippen molar-refractivity contribution >= 4 is 27.8 Å². The fourth-order valence-electron chi connectivity index (χ4n) is 2.60. The summed E-state index contributed by atoms with van der Waals surface area (Å²) in [6.07, 6.45) is 12.8. The van der Waals surface area contributed by atoms with Gasteiger partial charge in [-0.1, -0.05) is 12.8 Å². The zero-order valence-electron chi connectivity index (χ0n) is 12.7. The Morgan fingerprint density at radius 2 is 0.952 bits per heavy atom. The third-order valence-corrected chi connectivity index (χ3v) is 8.81. The van der Waals surface area contributed by atoms with Crippen LogP contribution in [0.2, 0.25) is 0 Å². The average molecular weight is 384 g/mol. The maximum atomic E-state index is 10.2. The number of hydrogen-bond donors (Lipinski definition) is 0. The maximum absolute atomic E-state index is 10.2. The minimum absolute atomic E-state index is 0. The zero-order chi connectivity index (χ0) is 14.8. The van der Waals surface area contributed by atoms with Crippen molar-refractivity contribution in [2.45, 2.75) is 38.5 Å². The molecule has 0 unspecified atom stereocenters. The summed E-state index contributed by atoms with van der Waals surface area (Å²) in [5.74, 6) is -1.71. The standard InChI is InChI=1S/2C7H13O2P.Zn/c2*8-7(9)6-10-4-2-1-3-5-10;/h2*1-6H2,(H,8,9);/q;;+2/p-2. The molecule has 2 saturated heterocycles. The van der Waals surface area contributed by atoms with E-state index in [2.05, 4.69) is 0 Å². The van der Waals surface area contributed by atoms with E-state index in [9.17, 15) is 19.8 Å². The van der Waals surface area contributed by atoms with Gasteiger partial charge in [-0.2, -0.15) is 0 Å². The van der Waals surface area contributed by atoms with Gasteiger partial charge in [0.05, 0.1) is 0 Å². The molecule has 0 bridgehead atoms. The second kappa shape index (κ2) is 12.9. The smallest absolute Gasteiger partial charge is 0.550 e. The molecule has 116 valence electrons. The van der Waals surface area contributed by atoms with Crippen molar-refractivity contribution in [1.29, 1.82) is 0 Å². The first-order valence-corrected chi connectivity index (χ1v) is 11.2. The van der Waals surface area contributed by atoms with E-state index in [4.69, 9.17) is 0 Å². The fraction of sp³-hybridized carbons (Fsp3) is 0.857. The van der Waals surface area contributed by atoms with Gasteiger partial charge in [-0.15, -0.1) is 15.8 Å². The predicted octanol–water partition coefficient (Wildman–Crippen LogP) is 0.802. The molecule has 0 aromatic heterocycles. The number of aliphatic carboxylic acids is 2. The summed E-state index contributed by atoms with van der Waals surface area (Å²) in [6.45, 7) is 0. The second-order valence-electron chi connectivity index (χ2n) is 5.42. The number of rotatable bonds is 4. The van der Waals surface area contributed by atoms with Gasteiger partial charge in [0.1, 0.15) is 0 Å². The monoisotopic (exact) mass is 382 g/mol. The summed E-state index contributed by atoms with van der Waals surface area (Å²) in [4.78, 5) is 20.3. The number of carbonyl (C=O) groups is 2. The molecule has 0 amide bonds. The van der Waals surface area contributed by atoms with Gasteiger partial charge in [-0.3, -0.25) is 0 Å². The van der Waals surface area contributed by atoms with Crippen LogP contribution in [-0.4, -0.2) is 48.9 Å². The van der Waals surface area contributed by atoms with Gasteiger partial charge in [0, 0.05) is 24.3 Å². The molecule has 7 heteroatoms. The molecule has 0 atom stereocenters. The molecular formula is C14H24O4P2Zn. The van der Waals surface area contributed by atoms with E-state index in [0.29, 0.717) is 12.3 Å². The Morgan fingerprint density at radius 1 is 0.667 bits per heavy atom. The molecule has 4 nitrogen and oxygen atoms in total. The minimum Gasteiger partial charge on any atom is -0.550 e. The van der Waals surface area contributed by atoms with Gasteiger partial charge in [-0.25, -0.2) is 0 Å². The topological polar surface area (TPSA) is 80.3 Å². The van der Waals surface area contributed by atoms with Crippen LogP contribution in [-0.2, 0) is 29.1 Å². The number of carboxylic acid groups (broad SMARTS) is 2. The summed E-state index contributed by atoms with van der Waals surface area (Å²) in [7, 11) is -0.346. The molecule has 0 aromatic rings. The molecule has 2 rings (SSSR count). The maximum Gasteiger partial charge on any atom is 2.00 e. The van der Waals surface area contributed by atoms with Crippen molar-refractivity contribution in [2.75, 3.05) is 37.0 Å². The first kappa shape index (κ1) is 21.4. The Bertz CT molecular complexity index is 273. The van der Waals surface area contributed by atoms with Crippen LogP contribution in [0.15, 0.2) is 0 Å². The van der Waals surface area contributed by atoms with Crippen molar-refractivity contribution in [3.8, 4) is 0 Å². The number of carboxylic acids is 2. The van der Waals surface area contributed by atoms with Crippen LogP contribution in [0.5, 0.6) is 0 Å². The summed E-state index contributed by atoms with van der Waals surface area (Å²) >= 11 is 0. The van der Waals surface area contributed by atoms with Crippen LogP contribution in [0, 0.1) is 0 Å². The molecule has 0 saturated carbocycles. The summed E-state index contributed by atoms with van der Waals surface area (Å²) in [6, 6.07) is 0. The van der Waals surface area contributed by atoms with E-state index < -0.39 is 11.9 Å². The number of hydrogen-bond acceptors (Lipinski definition) is 4. The molecule has 0 spiro atoms. The molecule has 0 radical (unpaired) electrons. The van der Waals surface area contributed by atoms with E-state index in [1.54, 1.807) is 0 Å². The number of carbonyl (C=O) groups excluding carboxylic acids is 2. The van der Waals surface area contributed by atoms with Gasteiger partial charge in [0.2, 0.25) is 0 Å². The average Bonchev–Trinajstić information content (AvgIpc) is 2.40. The van der Waals surface area contributed by atoms with Crippen molar-refractivity contribution in [2.24, 2.45) is 0 Å². The Kier molecular flexibility index (Phi) is 13.2. The largest absolute Gasteiger partial charge is 2.00 e. The van der Waals surface area contributed by atoms with Gasteiger partial charge < -0.3 is 19.8 Å². The van der Waals surface area contributed by atoms with Crippen LogP contribution in [0.1, 0.15) is 38.5 Å². The minimum atomic E-state index is -0.854. The van der Waals surface area contributed by atoms with Gasteiger partial charge in [-0.05, 0) is 50.3 Å². The van der Waals surface area contributed by atoms with E-state index in [1.165, 1.54) is 38.5 Å². The van der Waals surface area contributed by atoms with Crippen LogP contribution < -0.4 is 10.2 Å². The summed E-state index contributed by atoms with van der Waals surface area (Å²) in [5, 5.41) is 20.3. The van der Waals surface area contributed by atoms with E-state index >= 15 is 0 Å². The van der Waals surface area contributed by atoms with Crippen LogP contribution in [0.3, 0.4) is 0 Å². The SMILES string of the molecule is O=C([O-])CP1CCCCC1.O=C([O-])CP1CCCCC1.[Zn+2]. The molecule has 2 aliphatic heterocycles. The molecule has 0 N–H and O–H groups in total. The van der Waals surface area contributed by atoms with Gasteiger partial charge in [0.25, 0.3) is 0 Å². The summed E-state index contributed by atoms with van der Waals surface area (Å²) < 4.78 is 0. The van der Waals surface area contributed by atoms with Crippen LogP contribution in [0.4, 0.5) is 0 Å². The molecule has 0 aliphatic carbocycles. The molecule has 0 aromatic carbocycles. The first-order chi connectivity index (χ1) is 9.58. The molecule has 21 heavy (non-hydrogen) atoms. The molecule has 2 fully saturated rings. The van der Waals surface area contributed by atoms with Crippen molar-refractivity contribution in [3.63, 3.8) is 0 Å². The van der Waals surface area contributed by atoms with Crippen LogP contribution >= 0.6 is 15.8 Å². The fourth-order valence-corrected chi connectivity index (χ4v) is 7.09. The van der Waals surface area contributed by atoms with Crippen molar-refractivity contribution in [3.05, 3.63) is 0 Å². The van der Waals surface area contributed by atoms with Crippen molar-refractivity contribution < 1.29 is 39.3 Å². The second-order valence-corrected chi connectivity index (χ2v) is 10.5. The van der Waals surface area contributed by atoms with Gasteiger partial charge in [0.15, 0.2) is 0 Å². The quantitative estimate of drug-likeness (QED) is 0.531. The molecule has 2 heterocycles. The summed E-state index contributed by atoms with van der Waals surface area (Å²) in [5.41, 5.74) is 0. The first-order valence-electron chi connectivity index (χ1n) is 7.42. The molecular weight excluding hydrogens is 359 g/mol.